The van der Waals surface area contributed by atoms with E-state index in [1.54, 1.807) is 14.2 Å². The van der Waals surface area contributed by atoms with Crippen LogP contribution in [-0.2, 0) is 0 Å². The van der Waals surface area contributed by atoms with E-state index in [-0.39, 0.29) is 0 Å². The Bertz CT molecular complexity index is 4120. The molecular formula is C62H39NO2. The van der Waals surface area contributed by atoms with Gasteiger partial charge in [-0.3, -0.25) is 0 Å². The molecule has 14 aromatic rings. The molecule has 0 saturated carbocycles. The van der Waals surface area contributed by atoms with Gasteiger partial charge < -0.3 is 14.4 Å². The number of rotatable bonds is 7. The Hall–Kier alpha value is -8.40. The van der Waals surface area contributed by atoms with Crippen LogP contribution in [0, 0.1) is 0 Å². The van der Waals surface area contributed by atoms with E-state index >= 15 is 0 Å². The van der Waals surface area contributed by atoms with Crippen molar-refractivity contribution in [1.82, 2.24) is 0 Å². The van der Waals surface area contributed by atoms with Crippen LogP contribution < -0.4 is 14.4 Å². The molecule has 0 fully saturated rings. The number of hydrogen-bond acceptors (Lipinski definition) is 3. The Kier molecular flexibility index (Phi) is 7.53. The molecule has 3 heteroatoms. The number of fused-ring (bicyclic) bond motifs is 8. The van der Waals surface area contributed by atoms with Gasteiger partial charge in [-0.15, -0.1) is 0 Å². The summed E-state index contributed by atoms with van der Waals surface area (Å²) in [5, 5.41) is 23.0. The molecule has 0 aliphatic carbocycles. The van der Waals surface area contributed by atoms with E-state index < -0.39 is 0 Å². The summed E-state index contributed by atoms with van der Waals surface area (Å²) in [5.41, 5.74) is 8.23. The second kappa shape index (κ2) is 13.6. The molecule has 0 aromatic heterocycles. The van der Waals surface area contributed by atoms with Crippen molar-refractivity contribution in [2.75, 3.05) is 19.1 Å². The van der Waals surface area contributed by atoms with Crippen molar-refractivity contribution in [3.8, 4) is 33.8 Å². The summed E-state index contributed by atoms with van der Waals surface area (Å²) < 4.78 is 11.1. The average Bonchev–Trinajstić information content (AvgIpc) is 3.88. The summed E-state index contributed by atoms with van der Waals surface area (Å²) in [6.45, 7) is 0. The van der Waals surface area contributed by atoms with Crippen molar-refractivity contribution in [3.05, 3.63) is 200 Å². The zero-order valence-corrected chi connectivity index (χ0v) is 35.8. The monoisotopic (exact) mass is 829 g/mol. The van der Waals surface area contributed by atoms with E-state index in [1.165, 1.54) is 125 Å². The van der Waals surface area contributed by atoms with Crippen LogP contribution in [-0.4, -0.2) is 14.2 Å². The van der Waals surface area contributed by atoms with Crippen LogP contribution >= 0.6 is 0 Å². The van der Waals surface area contributed by atoms with E-state index in [0.29, 0.717) is 0 Å². The minimum Gasteiger partial charge on any atom is -0.497 e. The largest absolute Gasteiger partial charge is 0.497 e. The molecule has 0 N–H and O–H groups in total. The third-order valence-electron chi connectivity index (χ3n) is 14.3. The van der Waals surface area contributed by atoms with Gasteiger partial charge in [0.2, 0.25) is 0 Å². The third-order valence-corrected chi connectivity index (χ3v) is 14.3. The number of anilines is 3. The average molecular weight is 830 g/mol. The molecule has 0 radical (unpaired) electrons. The normalized spacial score (nSPS) is 12.2. The number of benzene rings is 12. The van der Waals surface area contributed by atoms with Gasteiger partial charge >= 0.3 is 0 Å². The number of methoxy groups -OCH3 is 2. The fraction of sp³-hybridized carbons (Fsp3) is 0.0323. The number of nitrogens with zero attached hydrogens (tertiary/aromatic N) is 1. The molecule has 0 aliphatic rings. The molecule has 0 atom stereocenters. The molecule has 3 nitrogen and oxygen atoms in total. The molecule has 0 aliphatic heterocycles. The first kappa shape index (κ1) is 36.1. The number of para-hydroxylation sites is 2. The molecule has 0 amide bonds. The number of ether oxygens (including phenoxy) is 2. The van der Waals surface area contributed by atoms with Gasteiger partial charge in [0.1, 0.15) is 11.5 Å². The molecule has 0 unspecified atom stereocenters. The minimum atomic E-state index is 0.854. The molecule has 14 rings (SSSR count). The van der Waals surface area contributed by atoms with Gasteiger partial charge in [0, 0.05) is 22.1 Å². The Morgan fingerprint density at radius 3 is 1.38 bits per heavy atom. The second-order valence-corrected chi connectivity index (χ2v) is 17.4. The predicted octanol–water partition coefficient (Wildman–Crippen LogP) is 17.2. The van der Waals surface area contributed by atoms with Crippen molar-refractivity contribution in [3.63, 3.8) is 0 Å². The van der Waals surface area contributed by atoms with Crippen molar-refractivity contribution >= 4 is 114 Å². The summed E-state index contributed by atoms with van der Waals surface area (Å²) in [7, 11) is 3.45. The first-order valence-corrected chi connectivity index (χ1v) is 22.3. The maximum absolute atomic E-state index is 5.59. The summed E-state index contributed by atoms with van der Waals surface area (Å²) in [5.74, 6) is 1.71. The lowest BCUT2D eigenvalue weighted by molar-refractivity contribution is 0.415. The molecule has 0 spiro atoms. The van der Waals surface area contributed by atoms with Gasteiger partial charge in [0.05, 0.1) is 19.9 Å². The lowest BCUT2D eigenvalue weighted by Gasteiger charge is -2.28. The fourth-order valence-electron chi connectivity index (χ4n) is 11.5. The zero-order chi connectivity index (χ0) is 42.9. The molecule has 0 heterocycles. The SMILES string of the molecule is COc1ccc(-c2ccc3c4cc5c6ccc7c8cccc9ccc(-c%10ccc(OC)cc%10)c(c%10ccc(c5c(N(c5ccccc5)c5ccccc5)c4c4cccc2c34)c6c7%10)c98)cc1. The highest BCUT2D eigenvalue weighted by atomic mass is 16.5. The van der Waals surface area contributed by atoms with Gasteiger partial charge in [-0.1, -0.05) is 146 Å². The molecule has 65 heavy (non-hydrogen) atoms. The van der Waals surface area contributed by atoms with Crippen molar-refractivity contribution in [2.24, 2.45) is 0 Å². The van der Waals surface area contributed by atoms with E-state index in [0.717, 1.165) is 22.9 Å². The van der Waals surface area contributed by atoms with E-state index in [1.807, 2.05) is 0 Å². The second-order valence-electron chi connectivity index (χ2n) is 17.4. The topological polar surface area (TPSA) is 21.7 Å². The molecular weight excluding hydrogens is 791 g/mol. The maximum atomic E-state index is 5.59. The van der Waals surface area contributed by atoms with Gasteiger partial charge in [-0.25, -0.2) is 0 Å². The molecule has 0 saturated heterocycles. The zero-order valence-electron chi connectivity index (χ0n) is 35.8. The molecule has 304 valence electrons. The molecule has 0 bridgehead atoms. The van der Waals surface area contributed by atoms with Crippen molar-refractivity contribution in [1.29, 1.82) is 0 Å². The van der Waals surface area contributed by atoms with Gasteiger partial charge in [0.15, 0.2) is 0 Å². The fourth-order valence-corrected chi connectivity index (χ4v) is 11.5. The summed E-state index contributed by atoms with van der Waals surface area (Å²) in [6, 6.07) is 73.9. The Morgan fingerprint density at radius 2 is 0.754 bits per heavy atom. The highest BCUT2D eigenvalue weighted by Gasteiger charge is 2.29. The van der Waals surface area contributed by atoms with Crippen LogP contribution in [0.4, 0.5) is 17.1 Å². The maximum Gasteiger partial charge on any atom is 0.118 e. The number of hydrogen-bond donors (Lipinski definition) is 0. The smallest absolute Gasteiger partial charge is 0.118 e. The van der Waals surface area contributed by atoms with Crippen LogP contribution in [0.15, 0.2) is 200 Å². The van der Waals surface area contributed by atoms with Gasteiger partial charge in [-0.2, -0.15) is 0 Å². The van der Waals surface area contributed by atoms with Gasteiger partial charge in [-0.05, 0) is 163 Å². The van der Waals surface area contributed by atoms with E-state index in [2.05, 4.69) is 205 Å². The first-order valence-electron chi connectivity index (χ1n) is 22.3. The molecule has 14 aromatic carbocycles. The van der Waals surface area contributed by atoms with E-state index in [4.69, 9.17) is 9.47 Å². The third kappa shape index (κ3) is 4.95. The first-order chi connectivity index (χ1) is 32.2. The van der Waals surface area contributed by atoms with Crippen LogP contribution in [0.3, 0.4) is 0 Å². The van der Waals surface area contributed by atoms with Crippen molar-refractivity contribution < 1.29 is 9.47 Å². The Balaban J connectivity index is 1.17. The lowest BCUT2D eigenvalue weighted by atomic mass is 9.85. The van der Waals surface area contributed by atoms with Crippen LogP contribution in [0.1, 0.15) is 0 Å². The van der Waals surface area contributed by atoms with Gasteiger partial charge in [0.25, 0.3) is 0 Å². The quantitative estimate of drug-likeness (QED) is 0.118. The minimum absolute atomic E-state index is 0.854. The highest BCUT2D eigenvalue weighted by Crippen LogP contribution is 2.56. The summed E-state index contributed by atoms with van der Waals surface area (Å²) in [4.78, 5) is 2.52. The van der Waals surface area contributed by atoms with Crippen LogP contribution in [0.25, 0.3) is 119 Å². The highest BCUT2D eigenvalue weighted by molar-refractivity contribution is 6.47. The van der Waals surface area contributed by atoms with Crippen LogP contribution in [0.5, 0.6) is 11.5 Å². The van der Waals surface area contributed by atoms with Crippen molar-refractivity contribution in [2.45, 2.75) is 0 Å². The summed E-state index contributed by atoms with van der Waals surface area (Å²) in [6.07, 6.45) is 0. The Labute approximate surface area is 374 Å². The standard InChI is InChI=1S/C62H39NO2/c1-64-41-24-19-36(20-25-41)43-29-30-48-53-35-54-49-32-31-47-46-16-9-11-38-23-28-44(37-21-26-42(65-2)27-22-37)57(55(38)46)51-33-34-52(59(49)58(47)51)61(54)62(60(53)50-18-10-17-45(43)56(48)50)63(39-12-5-3-6-13-39)40-14-7-4-8-15-40/h3-35H,1-2H3. The lowest BCUT2D eigenvalue weighted by Crippen LogP contribution is -2.10. The van der Waals surface area contributed by atoms with E-state index in [9.17, 15) is 0 Å². The van der Waals surface area contributed by atoms with Crippen LogP contribution in [0.2, 0.25) is 0 Å². The predicted molar refractivity (Wildman–Crippen MR) is 276 cm³/mol. The summed E-state index contributed by atoms with van der Waals surface area (Å²) >= 11 is 0. The Morgan fingerprint density at radius 1 is 0.292 bits per heavy atom.